The zero-order valence-corrected chi connectivity index (χ0v) is 36.9. The molecule has 14 heteroatoms. The lowest BCUT2D eigenvalue weighted by atomic mass is 9.85. The zero-order valence-electron chi connectivity index (χ0n) is 36.0. The van der Waals surface area contributed by atoms with E-state index in [1.165, 1.54) is 38.5 Å². The molecular weight excluding hydrogens is 779 g/mol. The normalized spacial score (nSPS) is 22.8. The fourth-order valence-electron chi connectivity index (χ4n) is 6.46. The van der Waals surface area contributed by atoms with Crippen LogP contribution in [0.25, 0.3) is 0 Å². The summed E-state index contributed by atoms with van der Waals surface area (Å²) in [5, 5.41) is 50.0. The summed E-state index contributed by atoms with van der Waals surface area (Å²) in [6.45, 7) is 3.12. The molecule has 0 saturated heterocycles. The van der Waals surface area contributed by atoms with E-state index in [1.807, 2.05) is 0 Å². The summed E-state index contributed by atoms with van der Waals surface area (Å²) >= 11 is 0. The topological polar surface area (TPSA) is 212 Å². The molecule has 0 spiro atoms. The van der Waals surface area contributed by atoms with E-state index in [0.717, 1.165) is 89.9 Å². The Morgan fingerprint density at radius 3 is 1.39 bits per heavy atom. The summed E-state index contributed by atoms with van der Waals surface area (Å²) in [6.07, 6.45) is 26.9. The average Bonchev–Trinajstić information content (AvgIpc) is 3.21. The summed E-state index contributed by atoms with van der Waals surface area (Å²) in [5.41, 5.74) is 0. The van der Waals surface area contributed by atoms with Gasteiger partial charge >= 0.3 is 11.9 Å². The Kier molecular flexibility index (Phi) is 32.9. The number of allylic oxidation sites excluding steroid dienone is 8. The van der Waals surface area contributed by atoms with Gasteiger partial charge in [0.05, 0.1) is 6.61 Å². The Bertz CT molecular complexity index is 1220. The molecule has 13 nitrogen and oxygen atoms in total. The second-order valence-corrected chi connectivity index (χ2v) is 16.9. The number of rotatable bonds is 36. The number of esters is 2. The fourth-order valence-corrected chi connectivity index (χ4v) is 7.41. The molecule has 342 valence electrons. The van der Waals surface area contributed by atoms with E-state index in [4.69, 9.17) is 18.5 Å². The standard InChI is InChI=1S/C45H79O13P/c1-3-5-7-9-11-13-15-17-19-21-23-25-27-29-31-33-38(46)55-35-37(36-56-59(53,54)58-45-43(51)41(49)40(48)42(50)44(45)52)57-39(47)34-32-30-28-26-24-22-20-18-16-14-12-10-8-6-4-2/h11-14,17-20,37,40-45,48-52H,3-10,15-16,21-36H2,1-2H3,(H,53,54)/p-1/t37-,40?,41-,42+,43-,44-,45?/m1/s1. The van der Waals surface area contributed by atoms with E-state index in [1.54, 1.807) is 0 Å². The van der Waals surface area contributed by atoms with Gasteiger partial charge in [-0.3, -0.25) is 14.2 Å². The van der Waals surface area contributed by atoms with Crippen molar-refractivity contribution in [2.45, 2.75) is 211 Å². The maximum Gasteiger partial charge on any atom is 0.306 e. The molecule has 0 aromatic carbocycles. The van der Waals surface area contributed by atoms with Crippen molar-refractivity contribution in [1.29, 1.82) is 0 Å². The van der Waals surface area contributed by atoms with Crippen molar-refractivity contribution in [3.05, 3.63) is 48.6 Å². The van der Waals surface area contributed by atoms with Gasteiger partial charge < -0.3 is 48.9 Å². The van der Waals surface area contributed by atoms with E-state index in [9.17, 15) is 44.6 Å². The lowest BCUT2D eigenvalue weighted by Gasteiger charge is -2.43. The first-order valence-corrected chi connectivity index (χ1v) is 23.9. The Balaban J connectivity index is 2.50. The maximum atomic E-state index is 12.7. The van der Waals surface area contributed by atoms with Crippen molar-refractivity contribution in [1.82, 2.24) is 0 Å². The molecule has 1 saturated carbocycles. The van der Waals surface area contributed by atoms with Gasteiger partial charge in [0, 0.05) is 12.8 Å². The minimum absolute atomic E-state index is 0.0605. The van der Waals surface area contributed by atoms with Crippen LogP contribution in [0.5, 0.6) is 0 Å². The first kappa shape index (κ1) is 54.8. The van der Waals surface area contributed by atoms with Crippen LogP contribution in [0.3, 0.4) is 0 Å². The monoisotopic (exact) mass is 858 g/mol. The third-order valence-corrected chi connectivity index (χ3v) is 11.1. The molecule has 1 rings (SSSR count). The number of aliphatic hydroxyl groups excluding tert-OH is 5. The Labute approximate surface area is 354 Å². The Morgan fingerprint density at radius 1 is 0.542 bits per heavy atom. The molecule has 1 aliphatic rings. The van der Waals surface area contributed by atoms with Crippen molar-refractivity contribution in [2.75, 3.05) is 13.2 Å². The maximum absolute atomic E-state index is 12.7. The van der Waals surface area contributed by atoms with Crippen LogP contribution in [0.15, 0.2) is 48.6 Å². The lowest BCUT2D eigenvalue weighted by molar-refractivity contribution is -0.261. The van der Waals surface area contributed by atoms with E-state index in [2.05, 4.69) is 62.5 Å². The van der Waals surface area contributed by atoms with Gasteiger partial charge in [0.1, 0.15) is 43.2 Å². The van der Waals surface area contributed by atoms with E-state index in [0.29, 0.717) is 12.8 Å². The van der Waals surface area contributed by atoms with Crippen molar-refractivity contribution in [2.24, 2.45) is 0 Å². The summed E-state index contributed by atoms with van der Waals surface area (Å²) < 4.78 is 33.1. The SMILES string of the molecule is CCCCCC=CCC=CCCCCCCCC(=O)OC[C@H](COP(=O)([O-])OC1[C@H](O)[C@H](O)C(O)[C@H](O)[C@H]1O)OC(=O)CCCCCCCC=CCC=CCCCCC. The molecule has 0 bridgehead atoms. The van der Waals surface area contributed by atoms with Crippen LogP contribution >= 0.6 is 7.82 Å². The number of phosphoric acid groups is 1. The Morgan fingerprint density at radius 2 is 0.932 bits per heavy atom. The number of carbonyl (C=O) groups is 2. The molecular formula is C45H78O13P-. The van der Waals surface area contributed by atoms with Crippen LogP contribution in [-0.4, -0.2) is 93.4 Å². The average molecular weight is 858 g/mol. The van der Waals surface area contributed by atoms with Gasteiger partial charge in [-0.25, -0.2) is 0 Å². The predicted molar refractivity (Wildman–Crippen MR) is 228 cm³/mol. The minimum Gasteiger partial charge on any atom is -0.756 e. The zero-order chi connectivity index (χ0) is 43.6. The molecule has 0 aromatic rings. The van der Waals surface area contributed by atoms with Crippen LogP contribution < -0.4 is 4.89 Å². The quantitative estimate of drug-likeness (QED) is 0.0177. The number of ether oxygens (including phenoxy) is 2. The Hall–Kier alpha value is -2.19. The number of aliphatic hydroxyl groups is 5. The summed E-state index contributed by atoms with van der Waals surface area (Å²) in [6, 6.07) is 0. The van der Waals surface area contributed by atoms with E-state index >= 15 is 0 Å². The molecule has 8 atom stereocenters. The third-order valence-electron chi connectivity index (χ3n) is 10.1. The van der Waals surface area contributed by atoms with Gasteiger partial charge in [0.2, 0.25) is 0 Å². The minimum atomic E-state index is -5.37. The van der Waals surface area contributed by atoms with E-state index in [-0.39, 0.29) is 12.8 Å². The molecule has 0 heterocycles. The highest BCUT2D eigenvalue weighted by Crippen LogP contribution is 2.43. The fraction of sp³-hybridized carbons (Fsp3) is 0.778. The molecule has 5 N–H and O–H groups in total. The second-order valence-electron chi connectivity index (χ2n) is 15.5. The number of hydrogen-bond donors (Lipinski definition) is 5. The highest BCUT2D eigenvalue weighted by molar-refractivity contribution is 7.45. The van der Waals surface area contributed by atoms with Crippen LogP contribution in [-0.2, 0) is 32.7 Å². The molecule has 0 amide bonds. The smallest absolute Gasteiger partial charge is 0.306 e. The van der Waals surface area contributed by atoms with Crippen LogP contribution in [0, 0.1) is 0 Å². The van der Waals surface area contributed by atoms with Gasteiger partial charge in [-0.1, -0.05) is 127 Å². The lowest BCUT2D eigenvalue weighted by Crippen LogP contribution is -2.64. The number of phosphoric ester groups is 1. The van der Waals surface area contributed by atoms with E-state index < -0.39 is 75.7 Å². The van der Waals surface area contributed by atoms with Gasteiger partial charge in [-0.2, -0.15) is 0 Å². The van der Waals surface area contributed by atoms with Crippen molar-refractivity contribution < 1.29 is 63.1 Å². The van der Waals surface area contributed by atoms with Crippen molar-refractivity contribution >= 4 is 19.8 Å². The summed E-state index contributed by atoms with van der Waals surface area (Å²) in [4.78, 5) is 37.9. The summed E-state index contributed by atoms with van der Waals surface area (Å²) in [7, 11) is -5.37. The molecule has 59 heavy (non-hydrogen) atoms. The van der Waals surface area contributed by atoms with Crippen LogP contribution in [0.1, 0.15) is 168 Å². The highest BCUT2D eigenvalue weighted by atomic mass is 31.2. The van der Waals surface area contributed by atoms with Crippen molar-refractivity contribution in [3.63, 3.8) is 0 Å². The summed E-state index contributed by atoms with van der Waals surface area (Å²) in [5.74, 6) is -1.17. The largest absolute Gasteiger partial charge is 0.756 e. The third kappa shape index (κ3) is 28.1. The van der Waals surface area contributed by atoms with Gasteiger partial charge in [-0.15, -0.1) is 0 Å². The number of hydrogen-bond acceptors (Lipinski definition) is 13. The molecule has 1 aliphatic carbocycles. The van der Waals surface area contributed by atoms with Gasteiger partial charge in [0.25, 0.3) is 7.82 Å². The molecule has 0 aromatic heterocycles. The second kappa shape index (κ2) is 35.4. The first-order chi connectivity index (χ1) is 28.4. The van der Waals surface area contributed by atoms with Gasteiger partial charge in [0.15, 0.2) is 6.10 Å². The number of unbranched alkanes of at least 4 members (excludes halogenated alkanes) is 16. The number of carbonyl (C=O) groups excluding carboxylic acids is 2. The molecule has 3 unspecified atom stereocenters. The molecule has 0 radical (unpaired) electrons. The highest BCUT2D eigenvalue weighted by Gasteiger charge is 2.50. The molecule has 1 fully saturated rings. The predicted octanol–water partition coefficient (Wildman–Crippen LogP) is 7.76. The van der Waals surface area contributed by atoms with Crippen LogP contribution in [0.4, 0.5) is 0 Å². The first-order valence-electron chi connectivity index (χ1n) is 22.4. The molecule has 0 aliphatic heterocycles. The van der Waals surface area contributed by atoms with Crippen LogP contribution in [0.2, 0.25) is 0 Å². The van der Waals surface area contributed by atoms with Gasteiger partial charge in [-0.05, 0) is 77.0 Å². The van der Waals surface area contributed by atoms with Crippen molar-refractivity contribution in [3.8, 4) is 0 Å².